The molecule has 0 radical (unpaired) electrons. The van der Waals surface area contributed by atoms with Gasteiger partial charge < -0.3 is 9.88 Å². The predicted molar refractivity (Wildman–Crippen MR) is 83.7 cm³/mol. The summed E-state index contributed by atoms with van der Waals surface area (Å²) in [6.07, 6.45) is 2.89. The Morgan fingerprint density at radius 3 is 2.43 bits per heavy atom. The van der Waals surface area contributed by atoms with Crippen LogP contribution in [-0.2, 0) is 19.9 Å². The summed E-state index contributed by atoms with van der Waals surface area (Å²) in [5.41, 5.74) is 0.206. The molecule has 1 heterocycles. The maximum Gasteiger partial charge on any atom is 0.268 e. The molecule has 9 heteroatoms. The normalized spacial score (nSPS) is 15.0. The van der Waals surface area contributed by atoms with E-state index in [1.807, 2.05) is 13.8 Å². The van der Waals surface area contributed by atoms with E-state index in [1.165, 1.54) is 12.3 Å². The summed E-state index contributed by atoms with van der Waals surface area (Å²) in [7, 11) is 0.389. The van der Waals surface area contributed by atoms with Gasteiger partial charge in [0.05, 0.1) is 0 Å². The summed E-state index contributed by atoms with van der Waals surface area (Å²) in [5.74, 6) is -0.0948. The average Bonchev–Trinajstić information content (AvgIpc) is 2.71. The summed E-state index contributed by atoms with van der Waals surface area (Å²) in [5, 5.41) is 2.70. The third-order valence-electron chi connectivity index (χ3n) is 2.76. The number of rotatable bonds is 6. The molecule has 6 nitrogen and oxygen atoms in total. The van der Waals surface area contributed by atoms with Crippen LogP contribution >= 0.6 is 10.7 Å². The highest BCUT2D eigenvalue weighted by Gasteiger charge is 2.22. The van der Waals surface area contributed by atoms with Gasteiger partial charge >= 0.3 is 0 Å². The topological polar surface area (TPSA) is 85.2 Å². The minimum absolute atomic E-state index is 0.103. The lowest BCUT2D eigenvalue weighted by molar-refractivity contribution is 0.0933. The highest BCUT2D eigenvalue weighted by molar-refractivity contribution is 8.13. The van der Waals surface area contributed by atoms with Crippen LogP contribution in [0.1, 0.15) is 37.3 Å². The van der Waals surface area contributed by atoms with Crippen LogP contribution in [0.3, 0.4) is 0 Å². The van der Waals surface area contributed by atoms with Crippen LogP contribution in [0.15, 0.2) is 17.2 Å². The number of hydrogen-bond acceptors (Lipinski definition) is 4. The van der Waals surface area contributed by atoms with Crippen molar-refractivity contribution in [1.29, 1.82) is 0 Å². The molecule has 0 saturated heterocycles. The van der Waals surface area contributed by atoms with Crippen molar-refractivity contribution in [2.45, 2.75) is 37.8 Å². The average molecular weight is 355 g/mol. The number of carbonyl (C=O) groups is 1. The van der Waals surface area contributed by atoms with Crippen molar-refractivity contribution in [2.75, 3.05) is 12.0 Å². The molecule has 2 atom stereocenters. The summed E-state index contributed by atoms with van der Waals surface area (Å²) >= 11 is 0. The van der Waals surface area contributed by atoms with Crippen molar-refractivity contribution in [3.8, 4) is 0 Å². The van der Waals surface area contributed by atoms with Gasteiger partial charge in [-0.2, -0.15) is 0 Å². The Morgan fingerprint density at radius 2 is 2.00 bits per heavy atom. The van der Waals surface area contributed by atoms with Crippen LogP contribution in [0.25, 0.3) is 0 Å². The van der Waals surface area contributed by atoms with E-state index in [0.29, 0.717) is 5.75 Å². The Morgan fingerprint density at radius 1 is 1.43 bits per heavy atom. The lowest BCUT2D eigenvalue weighted by Crippen LogP contribution is -2.37. The fourth-order valence-corrected chi connectivity index (χ4v) is 3.42. The van der Waals surface area contributed by atoms with Gasteiger partial charge in [0.1, 0.15) is 10.6 Å². The smallest absolute Gasteiger partial charge is 0.268 e. The van der Waals surface area contributed by atoms with Gasteiger partial charge in [0, 0.05) is 51.8 Å². The highest BCUT2D eigenvalue weighted by Crippen LogP contribution is 2.21. The van der Waals surface area contributed by atoms with E-state index in [0.717, 1.165) is 0 Å². The highest BCUT2D eigenvalue weighted by atomic mass is 35.7. The minimum Gasteiger partial charge on any atom is -0.347 e. The van der Waals surface area contributed by atoms with Crippen LogP contribution in [0, 0.1) is 0 Å². The summed E-state index contributed by atoms with van der Waals surface area (Å²) in [6.45, 7) is 5.39. The molecule has 0 aliphatic carbocycles. The van der Waals surface area contributed by atoms with Gasteiger partial charge in [-0.05, 0) is 26.8 Å². The molecule has 0 aromatic carbocycles. The molecule has 120 valence electrons. The number of amides is 1. The Labute approximate surface area is 131 Å². The Kier molecular flexibility index (Phi) is 6.01. The Hall–Kier alpha value is -0.860. The van der Waals surface area contributed by atoms with Crippen molar-refractivity contribution in [3.05, 3.63) is 18.0 Å². The van der Waals surface area contributed by atoms with E-state index in [-0.39, 0.29) is 22.7 Å². The second-order valence-corrected chi connectivity index (χ2v) is 9.16. The number of carbonyl (C=O) groups excluding carboxylic acids is 1. The van der Waals surface area contributed by atoms with Crippen LogP contribution < -0.4 is 5.32 Å². The third kappa shape index (κ3) is 5.12. The van der Waals surface area contributed by atoms with Crippen molar-refractivity contribution < 1.29 is 17.4 Å². The van der Waals surface area contributed by atoms with E-state index >= 15 is 0 Å². The van der Waals surface area contributed by atoms with Crippen molar-refractivity contribution in [3.63, 3.8) is 0 Å². The van der Waals surface area contributed by atoms with Crippen LogP contribution in [0.2, 0.25) is 0 Å². The maximum absolute atomic E-state index is 12.2. The lowest BCUT2D eigenvalue weighted by Gasteiger charge is -2.15. The summed E-state index contributed by atoms with van der Waals surface area (Å²) < 4.78 is 35.5. The van der Waals surface area contributed by atoms with Crippen LogP contribution in [0.4, 0.5) is 0 Å². The molecule has 0 saturated carbocycles. The van der Waals surface area contributed by atoms with Crippen molar-refractivity contribution >= 4 is 36.4 Å². The molecule has 0 fully saturated rings. The van der Waals surface area contributed by atoms with Crippen LogP contribution in [0.5, 0.6) is 0 Å². The molecular weight excluding hydrogens is 336 g/mol. The third-order valence-corrected chi connectivity index (χ3v) is 5.05. The van der Waals surface area contributed by atoms with Gasteiger partial charge in [0.2, 0.25) is 0 Å². The SMILES string of the molecule is CC(CS(C)=O)NC(=O)c1cc(S(=O)(=O)Cl)cn1C(C)C. The molecule has 0 aliphatic rings. The monoisotopic (exact) mass is 354 g/mol. The van der Waals surface area contributed by atoms with E-state index < -0.39 is 25.8 Å². The van der Waals surface area contributed by atoms with E-state index in [2.05, 4.69) is 5.32 Å². The number of aromatic nitrogens is 1. The standard InChI is InChI=1S/C12H19ClN2O4S2/c1-8(2)15-6-10(21(13,18)19)5-11(15)12(16)14-9(3)7-20(4)17/h5-6,8-9H,7H2,1-4H3,(H,14,16). The van der Waals surface area contributed by atoms with Gasteiger partial charge in [-0.1, -0.05) is 0 Å². The summed E-state index contributed by atoms with van der Waals surface area (Å²) in [4.78, 5) is 12.1. The van der Waals surface area contributed by atoms with Gasteiger partial charge in [0.25, 0.3) is 15.0 Å². The predicted octanol–water partition coefficient (Wildman–Crippen LogP) is 1.49. The molecule has 2 unspecified atom stereocenters. The molecule has 1 amide bonds. The maximum atomic E-state index is 12.2. The zero-order chi connectivity index (χ0) is 16.4. The first kappa shape index (κ1) is 18.2. The molecule has 0 bridgehead atoms. The first-order valence-corrected chi connectivity index (χ1v) is 10.3. The lowest BCUT2D eigenvalue weighted by atomic mass is 10.3. The van der Waals surface area contributed by atoms with Crippen molar-refractivity contribution in [2.24, 2.45) is 0 Å². The fourth-order valence-electron chi connectivity index (χ4n) is 1.89. The molecule has 1 rings (SSSR count). The van der Waals surface area contributed by atoms with Gasteiger partial charge in [0.15, 0.2) is 0 Å². The quantitative estimate of drug-likeness (QED) is 0.784. The zero-order valence-electron chi connectivity index (χ0n) is 12.3. The molecule has 1 N–H and O–H groups in total. The van der Waals surface area contributed by atoms with Gasteiger partial charge in [-0.3, -0.25) is 9.00 Å². The molecule has 21 heavy (non-hydrogen) atoms. The zero-order valence-corrected chi connectivity index (χ0v) is 14.7. The largest absolute Gasteiger partial charge is 0.347 e. The first-order valence-electron chi connectivity index (χ1n) is 6.29. The van der Waals surface area contributed by atoms with Crippen molar-refractivity contribution in [1.82, 2.24) is 9.88 Å². The molecule has 1 aromatic heterocycles. The first-order chi connectivity index (χ1) is 9.52. The fraction of sp³-hybridized carbons (Fsp3) is 0.583. The second-order valence-electron chi connectivity index (χ2n) is 5.11. The summed E-state index contributed by atoms with van der Waals surface area (Å²) in [6, 6.07) is 0.858. The second kappa shape index (κ2) is 6.93. The minimum atomic E-state index is -3.90. The molecule has 0 spiro atoms. The molecular formula is C12H19ClN2O4S2. The van der Waals surface area contributed by atoms with Gasteiger partial charge in [-0.25, -0.2) is 8.42 Å². The van der Waals surface area contributed by atoms with E-state index in [9.17, 15) is 17.4 Å². The number of hydrogen-bond donors (Lipinski definition) is 1. The van der Waals surface area contributed by atoms with Gasteiger partial charge in [-0.15, -0.1) is 0 Å². The Balaban J connectivity index is 3.08. The number of halogens is 1. The number of nitrogens with zero attached hydrogens (tertiary/aromatic N) is 1. The van der Waals surface area contributed by atoms with E-state index in [1.54, 1.807) is 17.7 Å². The van der Waals surface area contributed by atoms with Crippen LogP contribution in [-0.4, -0.2) is 41.2 Å². The Bertz CT molecular complexity index is 652. The molecule has 0 aliphatic heterocycles. The molecule has 1 aromatic rings. The number of nitrogens with one attached hydrogen (secondary N) is 1. The van der Waals surface area contributed by atoms with E-state index in [4.69, 9.17) is 10.7 Å².